The molecule has 0 amide bonds. The molecule has 2 aliphatic rings. The maximum absolute atomic E-state index is 10.6. The highest BCUT2D eigenvalue weighted by Crippen LogP contribution is 2.43. The van der Waals surface area contributed by atoms with Crippen LogP contribution in [-0.4, -0.2) is 50.3 Å². The van der Waals surface area contributed by atoms with Gasteiger partial charge in [-0.1, -0.05) is 57.9 Å². The molecule has 2 rings (SSSR count). The SMILES string of the molecule is CCCCC(C)(C)C(O)C=CC1C(O)CC2N=C(SCC=CCC(=O)O)CC21. The number of aliphatic hydroxyl groups is 2. The van der Waals surface area contributed by atoms with Crippen LogP contribution in [0.15, 0.2) is 29.3 Å². The summed E-state index contributed by atoms with van der Waals surface area (Å²) in [6.45, 7) is 6.35. The van der Waals surface area contributed by atoms with E-state index in [1.165, 1.54) is 0 Å². The number of hydrogen-bond acceptors (Lipinski definition) is 5. The molecule has 0 saturated heterocycles. The normalized spacial score (nSPS) is 28.8. The number of aliphatic carboxylic acids is 1. The Kier molecular flexibility index (Phi) is 8.78. The molecule has 0 bridgehead atoms. The number of rotatable bonds is 10. The highest BCUT2D eigenvalue weighted by atomic mass is 32.2. The molecule has 0 radical (unpaired) electrons. The van der Waals surface area contributed by atoms with Crippen molar-refractivity contribution in [2.24, 2.45) is 22.2 Å². The molecule has 1 aliphatic heterocycles. The lowest BCUT2D eigenvalue weighted by molar-refractivity contribution is -0.136. The first-order valence-corrected chi connectivity index (χ1v) is 11.3. The van der Waals surface area contributed by atoms with E-state index in [1.807, 2.05) is 18.2 Å². The summed E-state index contributed by atoms with van der Waals surface area (Å²) in [5.74, 6) is 0.227. The van der Waals surface area contributed by atoms with Gasteiger partial charge in [0.05, 0.1) is 29.7 Å². The highest BCUT2D eigenvalue weighted by molar-refractivity contribution is 8.14. The molecule has 5 nitrogen and oxygen atoms in total. The molecular weight excluding hydrogens is 374 g/mol. The lowest BCUT2D eigenvalue weighted by atomic mass is 9.80. The summed E-state index contributed by atoms with van der Waals surface area (Å²) in [5, 5.41) is 30.8. The van der Waals surface area contributed by atoms with Crippen molar-refractivity contribution in [2.75, 3.05) is 5.75 Å². The van der Waals surface area contributed by atoms with Crippen molar-refractivity contribution in [2.45, 2.75) is 77.5 Å². The summed E-state index contributed by atoms with van der Waals surface area (Å²) in [5.41, 5.74) is -0.162. The molecule has 0 aromatic carbocycles. The van der Waals surface area contributed by atoms with Crippen molar-refractivity contribution < 1.29 is 20.1 Å². The van der Waals surface area contributed by atoms with Crippen molar-refractivity contribution in [3.05, 3.63) is 24.3 Å². The van der Waals surface area contributed by atoms with E-state index < -0.39 is 18.2 Å². The maximum Gasteiger partial charge on any atom is 0.307 e. The second kappa shape index (κ2) is 10.6. The Labute approximate surface area is 173 Å². The fourth-order valence-electron chi connectivity index (χ4n) is 4.02. The molecule has 5 atom stereocenters. The van der Waals surface area contributed by atoms with Gasteiger partial charge in [0.25, 0.3) is 0 Å². The van der Waals surface area contributed by atoms with Crippen LogP contribution in [0.25, 0.3) is 0 Å². The van der Waals surface area contributed by atoms with E-state index in [2.05, 4.69) is 20.8 Å². The monoisotopic (exact) mass is 409 g/mol. The summed E-state index contributed by atoms with van der Waals surface area (Å²) in [4.78, 5) is 15.3. The standard InChI is InChI=1S/C22H35NO4S/c1-4-5-11-22(2,3)19(25)10-9-15-16-13-20(23-17(16)14-18(15)24)28-12-7-6-8-21(26)27/h6-7,9-10,15-19,24-25H,4-5,8,11-14H2,1-3H3,(H,26,27). The van der Waals surface area contributed by atoms with Crippen molar-refractivity contribution in [3.63, 3.8) is 0 Å². The molecule has 0 aromatic heterocycles. The van der Waals surface area contributed by atoms with E-state index >= 15 is 0 Å². The molecule has 0 aromatic rings. The highest BCUT2D eigenvalue weighted by Gasteiger charge is 2.45. The van der Waals surface area contributed by atoms with Crippen molar-refractivity contribution in [1.29, 1.82) is 0 Å². The van der Waals surface area contributed by atoms with Crippen LogP contribution >= 0.6 is 11.8 Å². The van der Waals surface area contributed by atoms with Gasteiger partial charge in [-0.3, -0.25) is 9.79 Å². The zero-order chi connectivity index (χ0) is 20.7. The molecule has 3 N–H and O–H groups in total. The molecule has 158 valence electrons. The minimum Gasteiger partial charge on any atom is -0.481 e. The number of thioether (sulfide) groups is 1. The van der Waals surface area contributed by atoms with Gasteiger partial charge in [-0.05, 0) is 24.2 Å². The van der Waals surface area contributed by atoms with Crippen LogP contribution in [0, 0.1) is 17.3 Å². The van der Waals surface area contributed by atoms with Crippen LogP contribution in [0.3, 0.4) is 0 Å². The van der Waals surface area contributed by atoms with E-state index in [-0.39, 0.29) is 23.8 Å². The van der Waals surface area contributed by atoms with Gasteiger partial charge in [-0.15, -0.1) is 11.8 Å². The first-order chi connectivity index (χ1) is 13.2. The molecule has 6 heteroatoms. The Bertz CT molecular complexity index is 614. The number of carboxylic acids is 1. The summed E-state index contributed by atoms with van der Waals surface area (Å²) in [6, 6.07) is 0.153. The van der Waals surface area contributed by atoms with E-state index in [1.54, 1.807) is 17.8 Å². The molecule has 28 heavy (non-hydrogen) atoms. The molecule has 0 spiro atoms. The number of fused-ring (bicyclic) bond motifs is 1. The molecule has 1 fully saturated rings. The van der Waals surface area contributed by atoms with Gasteiger partial charge in [0.1, 0.15) is 0 Å². The Morgan fingerprint density at radius 1 is 1.39 bits per heavy atom. The predicted molar refractivity (Wildman–Crippen MR) is 116 cm³/mol. The van der Waals surface area contributed by atoms with Crippen LogP contribution in [0.5, 0.6) is 0 Å². The largest absolute Gasteiger partial charge is 0.481 e. The first kappa shape index (κ1) is 23.2. The Balaban J connectivity index is 1.88. The number of carbonyl (C=O) groups is 1. The number of carboxylic acid groups (broad SMARTS) is 1. The fourth-order valence-corrected chi connectivity index (χ4v) is 4.96. The van der Waals surface area contributed by atoms with Crippen LogP contribution in [-0.2, 0) is 4.79 Å². The van der Waals surface area contributed by atoms with Gasteiger partial charge in [0, 0.05) is 18.1 Å². The van der Waals surface area contributed by atoms with Gasteiger partial charge in [-0.25, -0.2) is 0 Å². The van der Waals surface area contributed by atoms with Crippen LogP contribution in [0.4, 0.5) is 0 Å². The third kappa shape index (κ3) is 6.46. The molecular formula is C22H35NO4S. The first-order valence-electron chi connectivity index (χ1n) is 10.3. The predicted octanol–water partition coefficient (Wildman–Crippen LogP) is 4.05. The van der Waals surface area contributed by atoms with E-state index in [0.717, 1.165) is 36.5 Å². The maximum atomic E-state index is 10.6. The van der Waals surface area contributed by atoms with Crippen molar-refractivity contribution in [1.82, 2.24) is 0 Å². The summed E-state index contributed by atoms with van der Waals surface area (Å²) in [7, 11) is 0. The van der Waals surface area contributed by atoms with E-state index in [0.29, 0.717) is 12.3 Å². The lowest BCUT2D eigenvalue weighted by Gasteiger charge is -2.29. The van der Waals surface area contributed by atoms with Crippen molar-refractivity contribution >= 4 is 22.8 Å². The van der Waals surface area contributed by atoms with Crippen LogP contribution in [0.2, 0.25) is 0 Å². The van der Waals surface area contributed by atoms with Crippen LogP contribution < -0.4 is 0 Å². The smallest absolute Gasteiger partial charge is 0.307 e. The van der Waals surface area contributed by atoms with Gasteiger partial charge in [0.2, 0.25) is 0 Å². The summed E-state index contributed by atoms with van der Waals surface area (Å²) >= 11 is 1.65. The topological polar surface area (TPSA) is 90.1 Å². The number of aliphatic hydroxyl groups excluding tert-OH is 2. The Morgan fingerprint density at radius 3 is 2.82 bits per heavy atom. The number of hydrogen-bond donors (Lipinski definition) is 3. The Hall–Kier alpha value is -1.11. The molecule has 1 heterocycles. The summed E-state index contributed by atoms with van der Waals surface area (Å²) in [6.07, 6.45) is 11.3. The Morgan fingerprint density at radius 2 is 2.14 bits per heavy atom. The number of nitrogens with zero attached hydrogens (tertiary/aromatic N) is 1. The van der Waals surface area contributed by atoms with Crippen LogP contribution in [0.1, 0.15) is 59.3 Å². The molecule has 1 saturated carbocycles. The third-order valence-electron chi connectivity index (χ3n) is 5.93. The van der Waals surface area contributed by atoms with Gasteiger partial charge < -0.3 is 15.3 Å². The lowest BCUT2D eigenvalue weighted by Crippen LogP contribution is -2.28. The molecule has 1 aliphatic carbocycles. The number of unbranched alkanes of at least 4 members (excludes halogenated alkanes) is 1. The minimum atomic E-state index is -0.822. The molecule has 5 unspecified atom stereocenters. The zero-order valence-corrected chi connectivity index (χ0v) is 18.1. The van der Waals surface area contributed by atoms with Crippen molar-refractivity contribution in [3.8, 4) is 0 Å². The van der Waals surface area contributed by atoms with Gasteiger partial charge in [0.15, 0.2) is 0 Å². The fraction of sp³-hybridized carbons (Fsp3) is 0.727. The average Bonchev–Trinajstić information content (AvgIpc) is 3.13. The van der Waals surface area contributed by atoms with E-state index in [9.17, 15) is 15.0 Å². The average molecular weight is 410 g/mol. The summed E-state index contributed by atoms with van der Waals surface area (Å²) < 4.78 is 0. The third-order valence-corrected chi connectivity index (χ3v) is 6.90. The second-order valence-corrected chi connectivity index (χ2v) is 9.73. The quantitative estimate of drug-likeness (QED) is 0.474. The zero-order valence-electron chi connectivity index (χ0n) is 17.3. The van der Waals surface area contributed by atoms with E-state index in [4.69, 9.17) is 10.1 Å². The van der Waals surface area contributed by atoms with Gasteiger partial charge >= 0.3 is 5.97 Å². The van der Waals surface area contributed by atoms with Gasteiger partial charge in [-0.2, -0.15) is 0 Å². The minimum absolute atomic E-state index is 0.0334. The second-order valence-electron chi connectivity index (χ2n) is 8.64. The number of aliphatic imine (C=N–C) groups is 1.